The minimum atomic E-state index is -1.28. The average molecular weight is 250 g/mol. The first-order valence-corrected chi connectivity index (χ1v) is 5.89. The maximum atomic E-state index is 13.5. The smallest absolute Gasteiger partial charge is 0.338 e. The van der Waals surface area contributed by atoms with Crippen LogP contribution in [-0.4, -0.2) is 21.0 Å². The van der Waals surface area contributed by atoms with Gasteiger partial charge in [0.15, 0.2) is 0 Å². The molecule has 2 rings (SSSR count). The lowest BCUT2D eigenvalue weighted by Crippen LogP contribution is -1.99. The van der Waals surface area contributed by atoms with Gasteiger partial charge < -0.3 is 10.1 Å². The first-order valence-electron chi connectivity index (χ1n) is 5.89. The van der Waals surface area contributed by atoms with Crippen molar-refractivity contribution >= 4 is 17.0 Å². The maximum absolute atomic E-state index is 13.5. The van der Waals surface area contributed by atoms with E-state index in [0.717, 1.165) is 18.7 Å². The highest BCUT2D eigenvalue weighted by molar-refractivity contribution is 5.92. The lowest BCUT2D eigenvalue weighted by atomic mass is 10.1. The van der Waals surface area contributed by atoms with E-state index in [0.29, 0.717) is 17.0 Å². The van der Waals surface area contributed by atoms with Crippen LogP contribution in [0.25, 0.3) is 11.0 Å². The Bertz CT molecular complexity index is 590. The van der Waals surface area contributed by atoms with Gasteiger partial charge in [-0.25, -0.2) is 14.2 Å². The number of imidazole rings is 1. The molecule has 0 aliphatic heterocycles. The Labute approximate surface area is 104 Å². The lowest BCUT2D eigenvalue weighted by Gasteiger charge is -2.00. The van der Waals surface area contributed by atoms with E-state index < -0.39 is 11.8 Å². The van der Waals surface area contributed by atoms with E-state index in [1.165, 1.54) is 12.1 Å². The molecule has 0 aliphatic carbocycles. The van der Waals surface area contributed by atoms with Crippen molar-refractivity contribution in [3.05, 3.63) is 29.3 Å². The second-order valence-electron chi connectivity index (χ2n) is 4.77. The molecule has 0 bridgehead atoms. The van der Waals surface area contributed by atoms with Gasteiger partial charge in [-0.2, -0.15) is 0 Å². The van der Waals surface area contributed by atoms with Crippen molar-refractivity contribution in [1.29, 1.82) is 0 Å². The van der Waals surface area contributed by atoms with Gasteiger partial charge >= 0.3 is 5.97 Å². The molecule has 1 heterocycles. The van der Waals surface area contributed by atoms with Crippen molar-refractivity contribution in [2.24, 2.45) is 5.92 Å². The SMILES string of the molecule is CC(C)CCc1nc2cc(C(=O)O)c(F)cc2[nH]1. The number of halogens is 1. The van der Waals surface area contributed by atoms with Gasteiger partial charge in [0.1, 0.15) is 11.6 Å². The maximum Gasteiger partial charge on any atom is 0.338 e. The van der Waals surface area contributed by atoms with Crippen LogP contribution in [0.1, 0.15) is 36.5 Å². The van der Waals surface area contributed by atoms with Crippen LogP contribution in [0, 0.1) is 11.7 Å². The summed E-state index contributed by atoms with van der Waals surface area (Å²) in [6.45, 7) is 4.23. The number of benzene rings is 1. The summed E-state index contributed by atoms with van der Waals surface area (Å²) in [5.41, 5.74) is 0.688. The predicted octanol–water partition coefficient (Wildman–Crippen LogP) is 2.99. The number of carboxylic acid groups (broad SMARTS) is 1. The molecule has 5 heteroatoms. The van der Waals surface area contributed by atoms with E-state index in [9.17, 15) is 9.18 Å². The molecule has 0 radical (unpaired) electrons. The fourth-order valence-electron chi connectivity index (χ4n) is 1.79. The zero-order valence-electron chi connectivity index (χ0n) is 10.3. The Morgan fingerprint density at radius 2 is 2.22 bits per heavy atom. The van der Waals surface area contributed by atoms with Gasteiger partial charge in [0.05, 0.1) is 16.6 Å². The van der Waals surface area contributed by atoms with Crippen LogP contribution in [0.3, 0.4) is 0 Å². The van der Waals surface area contributed by atoms with E-state index >= 15 is 0 Å². The monoisotopic (exact) mass is 250 g/mol. The number of H-pyrrole nitrogens is 1. The number of aromatic amines is 1. The average Bonchev–Trinajstić information content (AvgIpc) is 2.66. The molecule has 18 heavy (non-hydrogen) atoms. The summed E-state index contributed by atoms with van der Waals surface area (Å²) < 4.78 is 13.5. The molecular weight excluding hydrogens is 235 g/mol. The molecule has 0 atom stereocenters. The summed E-state index contributed by atoms with van der Waals surface area (Å²) in [6.07, 6.45) is 1.75. The van der Waals surface area contributed by atoms with E-state index in [1.54, 1.807) is 0 Å². The predicted molar refractivity (Wildman–Crippen MR) is 66.2 cm³/mol. The molecule has 2 N–H and O–H groups in total. The van der Waals surface area contributed by atoms with Crippen molar-refractivity contribution in [3.63, 3.8) is 0 Å². The first kappa shape index (κ1) is 12.5. The van der Waals surface area contributed by atoms with Gasteiger partial charge in [0, 0.05) is 12.5 Å². The van der Waals surface area contributed by atoms with Gasteiger partial charge in [-0.3, -0.25) is 0 Å². The molecule has 0 saturated carbocycles. The molecular formula is C13H15FN2O2. The fraction of sp³-hybridized carbons (Fsp3) is 0.385. The minimum absolute atomic E-state index is 0.343. The highest BCUT2D eigenvalue weighted by atomic mass is 19.1. The largest absolute Gasteiger partial charge is 0.478 e. The van der Waals surface area contributed by atoms with Crippen LogP contribution < -0.4 is 0 Å². The van der Waals surface area contributed by atoms with Crippen molar-refractivity contribution in [1.82, 2.24) is 9.97 Å². The highest BCUT2D eigenvalue weighted by Crippen LogP contribution is 2.18. The number of carboxylic acids is 1. The number of aryl methyl sites for hydroxylation is 1. The van der Waals surface area contributed by atoms with Gasteiger partial charge in [0.2, 0.25) is 0 Å². The Morgan fingerprint density at radius 3 is 2.83 bits per heavy atom. The summed E-state index contributed by atoms with van der Waals surface area (Å²) >= 11 is 0. The number of rotatable bonds is 4. The summed E-state index contributed by atoms with van der Waals surface area (Å²) in [4.78, 5) is 18.1. The Hall–Kier alpha value is -1.91. The second-order valence-corrected chi connectivity index (χ2v) is 4.77. The summed E-state index contributed by atoms with van der Waals surface area (Å²) in [5.74, 6) is -0.694. The first-order chi connectivity index (χ1) is 8.47. The number of hydrogen-bond donors (Lipinski definition) is 2. The zero-order chi connectivity index (χ0) is 13.3. The van der Waals surface area contributed by atoms with Crippen LogP contribution in [-0.2, 0) is 6.42 Å². The van der Waals surface area contributed by atoms with Gasteiger partial charge in [0.25, 0.3) is 0 Å². The topological polar surface area (TPSA) is 66.0 Å². The summed E-state index contributed by atoms with van der Waals surface area (Å²) in [5, 5.41) is 8.83. The quantitative estimate of drug-likeness (QED) is 0.876. The molecule has 0 unspecified atom stereocenters. The van der Waals surface area contributed by atoms with Crippen LogP contribution in [0.5, 0.6) is 0 Å². The van der Waals surface area contributed by atoms with E-state index in [2.05, 4.69) is 23.8 Å². The Kier molecular flexibility index (Phi) is 3.32. The number of carbonyl (C=O) groups is 1. The lowest BCUT2D eigenvalue weighted by molar-refractivity contribution is 0.0692. The van der Waals surface area contributed by atoms with Crippen LogP contribution in [0.2, 0.25) is 0 Å². The Morgan fingerprint density at radius 1 is 1.50 bits per heavy atom. The highest BCUT2D eigenvalue weighted by Gasteiger charge is 2.14. The number of aromatic nitrogens is 2. The van der Waals surface area contributed by atoms with Gasteiger partial charge in [-0.1, -0.05) is 13.8 Å². The van der Waals surface area contributed by atoms with Gasteiger partial charge in [-0.15, -0.1) is 0 Å². The molecule has 2 aromatic rings. The number of fused-ring (bicyclic) bond motifs is 1. The summed E-state index contributed by atoms with van der Waals surface area (Å²) in [6, 6.07) is 2.45. The molecule has 1 aromatic heterocycles. The third-order valence-electron chi connectivity index (χ3n) is 2.81. The molecule has 4 nitrogen and oxygen atoms in total. The van der Waals surface area contributed by atoms with Gasteiger partial charge in [-0.05, 0) is 18.4 Å². The molecule has 0 aliphatic rings. The third-order valence-corrected chi connectivity index (χ3v) is 2.81. The normalized spacial score (nSPS) is 11.3. The van der Waals surface area contributed by atoms with Crippen molar-refractivity contribution in [3.8, 4) is 0 Å². The number of nitrogens with one attached hydrogen (secondary N) is 1. The fourth-order valence-corrected chi connectivity index (χ4v) is 1.79. The third kappa shape index (κ3) is 2.50. The van der Waals surface area contributed by atoms with Crippen molar-refractivity contribution in [2.45, 2.75) is 26.7 Å². The number of aromatic carboxylic acids is 1. The van der Waals surface area contributed by atoms with Crippen molar-refractivity contribution < 1.29 is 14.3 Å². The Balaban J connectivity index is 2.36. The standard InChI is InChI=1S/C13H15FN2O2/c1-7(2)3-4-12-15-10-5-8(13(17)18)9(14)6-11(10)16-12/h5-7H,3-4H2,1-2H3,(H,15,16)(H,17,18). The molecule has 0 saturated heterocycles. The van der Waals surface area contributed by atoms with Crippen LogP contribution in [0.4, 0.5) is 4.39 Å². The van der Waals surface area contributed by atoms with Crippen LogP contribution >= 0.6 is 0 Å². The van der Waals surface area contributed by atoms with E-state index in [-0.39, 0.29) is 5.56 Å². The van der Waals surface area contributed by atoms with Crippen LogP contribution in [0.15, 0.2) is 12.1 Å². The number of hydrogen-bond acceptors (Lipinski definition) is 2. The molecule has 0 amide bonds. The number of nitrogens with zero attached hydrogens (tertiary/aromatic N) is 1. The van der Waals surface area contributed by atoms with E-state index in [1.807, 2.05) is 0 Å². The molecule has 1 aromatic carbocycles. The zero-order valence-corrected chi connectivity index (χ0v) is 10.3. The molecule has 0 spiro atoms. The minimum Gasteiger partial charge on any atom is -0.478 e. The van der Waals surface area contributed by atoms with E-state index in [4.69, 9.17) is 5.11 Å². The second kappa shape index (κ2) is 4.76. The van der Waals surface area contributed by atoms with Crippen molar-refractivity contribution in [2.75, 3.05) is 0 Å². The molecule has 96 valence electrons. The molecule has 0 fully saturated rings. The summed E-state index contributed by atoms with van der Waals surface area (Å²) in [7, 11) is 0.